The van der Waals surface area contributed by atoms with Crippen LogP contribution in [0.4, 0.5) is 0 Å². The molecule has 13 rings (SSSR count). The molecule has 0 unspecified atom stereocenters. The van der Waals surface area contributed by atoms with Gasteiger partial charge in [-0.05, 0) is 92.0 Å². The smallest absolute Gasteiger partial charge is 0.462 e. The van der Waals surface area contributed by atoms with Crippen molar-refractivity contribution >= 4 is 133 Å². The molecule has 5 aromatic carbocycles. The van der Waals surface area contributed by atoms with Gasteiger partial charge in [0, 0.05) is 21.7 Å². The molecule has 5 aliphatic rings. The van der Waals surface area contributed by atoms with Crippen molar-refractivity contribution in [3.63, 3.8) is 0 Å². The highest BCUT2D eigenvalue weighted by atomic mass is 79.9. The maximum atomic E-state index is 12.8. The second-order valence-corrected chi connectivity index (χ2v) is 22.2. The Morgan fingerprint density at radius 3 is 1.38 bits per heavy atom. The minimum absolute atomic E-state index is 0.0258. The van der Waals surface area contributed by atoms with Gasteiger partial charge in [0.05, 0.1) is 40.9 Å². The van der Waals surface area contributed by atoms with E-state index in [0.717, 1.165) is 66.3 Å². The average molecular weight is 1270 g/mol. The van der Waals surface area contributed by atoms with E-state index in [2.05, 4.69) is 66.7 Å². The quantitative estimate of drug-likeness (QED) is 0.0471. The third kappa shape index (κ3) is 16.9. The summed E-state index contributed by atoms with van der Waals surface area (Å²) >= 11 is 16.6. The fourth-order valence-electron chi connectivity index (χ4n) is 7.95. The summed E-state index contributed by atoms with van der Waals surface area (Å²) in [4.78, 5) is 48.6. The molecule has 2 amide bonds. The molecule has 0 saturated carbocycles. The monoisotopic (exact) mass is 1270 g/mol. The summed E-state index contributed by atoms with van der Waals surface area (Å²) in [7, 11) is -1.64. The van der Waals surface area contributed by atoms with Gasteiger partial charge in [-0.1, -0.05) is 185 Å². The van der Waals surface area contributed by atoms with Crippen LogP contribution in [0.2, 0.25) is 0 Å². The van der Waals surface area contributed by atoms with Crippen molar-refractivity contribution in [2.45, 2.75) is 13.1 Å². The number of nitrogens with zero attached hydrogens (tertiary/aromatic N) is 11. The van der Waals surface area contributed by atoms with Crippen molar-refractivity contribution in [3.05, 3.63) is 224 Å². The predicted molar refractivity (Wildman–Crippen MR) is 338 cm³/mol. The number of aldehydes is 2. The lowest BCUT2D eigenvalue weighted by molar-refractivity contribution is -0.124. The Hall–Kier alpha value is -8.89. The summed E-state index contributed by atoms with van der Waals surface area (Å²) in [5.74, 6) is 2.92. The van der Waals surface area contributed by atoms with Crippen LogP contribution in [0.3, 0.4) is 0 Å². The second kappa shape index (κ2) is 30.1. The number of carbonyl (C=O) groups excluding carboxylic acids is 4. The maximum Gasteiger partial charge on any atom is 0.526 e. The topological polar surface area (TPSA) is 266 Å². The Labute approximate surface area is 513 Å². The van der Waals surface area contributed by atoms with Gasteiger partial charge in [0.15, 0.2) is 24.1 Å². The summed E-state index contributed by atoms with van der Waals surface area (Å²) < 4.78 is 18.3. The SMILES string of the molecule is Brc1ccc(C2=NN=NC2)cc1.O=C1/C(=C/c2ccc(-c3ccc(C4=NN=NC4)cc3)o2)SC(=S)N1Cc1ccccc1.O=C1CSC(=S)N1Cc1ccccc1.O=Cc1ccc(-c2ccc(C3=NN=NC3)cc2)o1.O=Cc1ccc(B(O)O)o1. The number of hydrogen-bond acceptors (Lipinski definition) is 22. The van der Waals surface area contributed by atoms with Gasteiger partial charge in [-0.15, -0.1) is 15.3 Å². The number of carbonyl (C=O) groups is 4. The number of amides is 2. The van der Waals surface area contributed by atoms with E-state index in [-0.39, 0.29) is 23.2 Å². The molecule has 3 aromatic heterocycles. The van der Waals surface area contributed by atoms with E-state index in [1.807, 2.05) is 146 Å². The number of halogens is 1. The first kappa shape index (κ1) is 60.7. The van der Waals surface area contributed by atoms with Gasteiger partial charge in [-0.25, -0.2) is 0 Å². The zero-order valence-electron chi connectivity index (χ0n) is 44.4. The molecule has 0 atom stereocenters. The third-order valence-electron chi connectivity index (χ3n) is 12.3. The largest absolute Gasteiger partial charge is 0.526 e. The fourth-order valence-corrected chi connectivity index (χ4v) is 10.5. The number of hydrogen-bond donors (Lipinski definition) is 2. The van der Waals surface area contributed by atoms with Crippen molar-refractivity contribution in [2.24, 2.45) is 46.3 Å². The van der Waals surface area contributed by atoms with Gasteiger partial charge in [0.25, 0.3) is 5.91 Å². The highest BCUT2D eigenvalue weighted by Gasteiger charge is 2.32. The van der Waals surface area contributed by atoms with Crippen molar-refractivity contribution in [1.29, 1.82) is 0 Å². The predicted octanol–water partition coefficient (Wildman–Crippen LogP) is 11.9. The average Bonchev–Trinajstić information content (AvgIpc) is 4.49. The van der Waals surface area contributed by atoms with Gasteiger partial charge in [0.2, 0.25) is 5.91 Å². The molecule has 2 saturated heterocycles. The van der Waals surface area contributed by atoms with E-state index in [9.17, 15) is 19.2 Å². The van der Waals surface area contributed by atoms with Crippen LogP contribution in [0.5, 0.6) is 0 Å². The molecule has 26 heteroatoms. The third-order valence-corrected chi connectivity index (χ3v) is 15.6. The standard InChI is InChI=1S/C23H16N4O2S2.C13H9N3O2.C10H9NOS2.C8H6BrN3.C5H5BO4/c28-22-21(31-23(30)27(22)14-15-4-2-1-3-5-15)12-18-10-11-20(29-18)17-8-6-16(7-9-17)19-13-24-26-25-19;17-8-11-5-6-13(18-11)10-3-1-9(2-4-10)12-7-14-16-15-12;12-9-7-14-10(13)11(9)6-8-4-2-1-3-5-8;9-7-3-1-6(2-4-7)8-5-10-12-11-8;7-3-4-1-2-5(10-4)6(8)9/h1-12H,13-14H2;1-6,8H,7H2;1-5H,6-7H2;1-4H,5H2;1-3,8-9H/b21-12-;;;;. The van der Waals surface area contributed by atoms with Crippen LogP contribution in [-0.4, -0.2) is 103 Å². The Bertz CT molecular complexity index is 3910. The number of benzene rings is 5. The zero-order chi connectivity index (χ0) is 59.5. The van der Waals surface area contributed by atoms with Crippen molar-refractivity contribution in [2.75, 3.05) is 25.4 Å². The van der Waals surface area contributed by atoms with E-state index < -0.39 is 7.12 Å². The summed E-state index contributed by atoms with van der Waals surface area (Å²) in [6.45, 7) is 2.69. The summed E-state index contributed by atoms with van der Waals surface area (Å²) in [6, 6.07) is 53.1. The molecule has 8 aromatic rings. The zero-order valence-corrected chi connectivity index (χ0v) is 49.3. The molecular weight excluding hydrogens is 1230 g/mol. The molecule has 0 aliphatic carbocycles. The van der Waals surface area contributed by atoms with E-state index in [0.29, 0.717) is 81.9 Å². The Kier molecular flexibility index (Phi) is 21.5. The molecule has 20 nitrogen and oxygen atoms in total. The lowest BCUT2D eigenvalue weighted by Crippen LogP contribution is -2.27. The number of thioether (sulfide) groups is 2. The molecule has 8 heterocycles. The van der Waals surface area contributed by atoms with E-state index in [4.69, 9.17) is 43.3 Å². The van der Waals surface area contributed by atoms with Gasteiger partial charge in [-0.2, -0.15) is 15.3 Å². The summed E-state index contributed by atoms with van der Waals surface area (Å²) in [6.07, 6.45) is 2.93. The Morgan fingerprint density at radius 2 is 0.965 bits per heavy atom. The van der Waals surface area contributed by atoms with Crippen LogP contribution in [0, 0.1) is 0 Å². The lowest BCUT2D eigenvalue weighted by Gasteiger charge is -2.14. The van der Waals surface area contributed by atoms with Gasteiger partial charge < -0.3 is 23.3 Å². The van der Waals surface area contributed by atoms with Crippen LogP contribution in [0.1, 0.15) is 54.7 Å². The first-order valence-corrected chi connectivity index (χ1v) is 29.0. The molecular formula is C59H45BBrN11O9S4. The Morgan fingerprint density at radius 1 is 0.529 bits per heavy atom. The second-order valence-electron chi connectivity index (χ2n) is 18.0. The first-order chi connectivity index (χ1) is 41.4. The molecule has 0 spiro atoms. The van der Waals surface area contributed by atoms with E-state index in [1.54, 1.807) is 28.0 Å². The molecule has 424 valence electrons. The van der Waals surface area contributed by atoms with Crippen molar-refractivity contribution in [3.8, 4) is 22.6 Å². The maximum absolute atomic E-state index is 12.8. The number of furan rings is 3. The number of thiocarbonyl (C=S) groups is 2. The van der Waals surface area contributed by atoms with Crippen molar-refractivity contribution < 1.29 is 42.5 Å². The van der Waals surface area contributed by atoms with Crippen molar-refractivity contribution in [1.82, 2.24) is 9.80 Å². The molecule has 5 aliphatic heterocycles. The fraction of sp³-hybridized carbons (Fsp3) is 0.102. The van der Waals surface area contributed by atoms with Gasteiger partial charge in [0.1, 0.15) is 51.2 Å². The van der Waals surface area contributed by atoms with Crippen LogP contribution in [0.15, 0.2) is 239 Å². The lowest BCUT2D eigenvalue weighted by atomic mass is 9.88. The molecule has 2 fully saturated rings. The van der Waals surface area contributed by atoms with E-state index in [1.165, 1.54) is 35.7 Å². The molecule has 0 bridgehead atoms. The first-order valence-electron chi connectivity index (χ1n) is 25.5. The van der Waals surface area contributed by atoms with Gasteiger partial charge in [-0.3, -0.25) is 29.0 Å². The van der Waals surface area contributed by atoms with Crippen LogP contribution in [-0.2, 0) is 22.7 Å². The van der Waals surface area contributed by atoms with Crippen LogP contribution in [0.25, 0.3) is 28.7 Å². The Balaban J connectivity index is 0.000000137. The number of rotatable bonds is 13. The summed E-state index contributed by atoms with van der Waals surface area (Å²) in [5.41, 5.74) is 9.69. The highest BCUT2D eigenvalue weighted by Crippen LogP contribution is 2.35. The van der Waals surface area contributed by atoms with Crippen LogP contribution >= 0.6 is 63.9 Å². The summed E-state index contributed by atoms with van der Waals surface area (Å²) in [5, 5.41) is 51.1. The van der Waals surface area contributed by atoms with Crippen LogP contribution < -0.4 is 5.66 Å². The normalized spacial score (nSPS) is 15.0. The molecule has 0 radical (unpaired) electrons. The molecule has 2 N–H and O–H groups in total. The minimum Gasteiger partial charge on any atom is -0.462 e. The molecule has 85 heavy (non-hydrogen) atoms. The van der Waals surface area contributed by atoms with E-state index >= 15 is 0 Å². The minimum atomic E-state index is -1.64. The highest BCUT2D eigenvalue weighted by molar-refractivity contribution is 9.10. The van der Waals surface area contributed by atoms with Gasteiger partial charge >= 0.3 is 7.12 Å².